The molecule has 0 unspecified atom stereocenters. The Hall–Kier alpha value is -0.590. The molecule has 0 spiro atoms. The van der Waals surface area contributed by atoms with Gasteiger partial charge in [-0.15, -0.1) is 0 Å². The zero-order valence-electron chi connectivity index (χ0n) is 11.1. The first-order chi connectivity index (χ1) is 8.30. The van der Waals surface area contributed by atoms with Crippen molar-refractivity contribution >= 4 is 0 Å². The van der Waals surface area contributed by atoms with Crippen molar-refractivity contribution in [3.05, 3.63) is 0 Å². The number of hydrogen-bond acceptors (Lipinski definition) is 3. The van der Waals surface area contributed by atoms with Gasteiger partial charge in [-0.1, -0.05) is 19.8 Å². The minimum Gasteiger partial charge on any atom is -0.303 e. The molecule has 0 saturated carbocycles. The third-order valence-electron chi connectivity index (χ3n) is 4.55. The van der Waals surface area contributed by atoms with Gasteiger partial charge in [-0.05, 0) is 45.3 Å². The fourth-order valence-corrected chi connectivity index (χ4v) is 3.24. The van der Waals surface area contributed by atoms with Gasteiger partial charge in [0.05, 0.1) is 6.07 Å². The van der Waals surface area contributed by atoms with Crippen LogP contribution in [-0.4, -0.2) is 48.1 Å². The molecule has 0 amide bonds. The highest BCUT2D eigenvalue weighted by atomic mass is 15.2. The van der Waals surface area contributed by atoms with E-state index in [2.05, 4.69) is 22.8 Å². The summed E-state index contributed by atoms with van der Waals surface area (Å²) in [5.74, 6) is 0. The normalized spacial score (nSPS) is 27.3. The van der Waals surface area contributed by atoms with E-state index >= 15 is 0 Å². The van der Waals surface area contributed by atoms with Gasteiger partial charge in [0.25, 0.3) is 0 Å². The van der Waals surface area contributed by atoms with Crippen molar-refractivity contribution in [2.24, 2.45) is 0 Å². The predicted octanol–water partition coefficient (Wildman–Crippen LogP) is 2.24. The Morgan fingerprint density at radius 3 is 2.06 bits per heavy atom. The van der Waals surface area contributed by atoms with Crippen LogP contribution in [0.5, 0.6) is 0 Å². The Labute approximate surface area is 105 Å². The maximum Gasteiger partial charge on any atom is 0.111 e. The Balaban J connectivity index is 2.01. The fourth-order valence-electron chi connectivity index (χ4n) is 3.24. The zero-order chi connectivity index (χ0) is 12.1. The molecule has 0 aliphatic carbocycles. The first kappa shape index (κ1) is 12.9. The van der Waals surface area contributed by atoms with Gasteiger partial charge >= 0.3 is 0 Å². The van der Waals surface area contributed by atoms with E-state index in [9.17, 15) is 5.26 Å². The molecule has 96 valence electrons. The summed E-state index contributed by atoms with van der Waals surface area (Å²) < 4.78 is 0. The van der Waals surface area contributed by atoms with Crippen molar-refractivity contribution in [2.75, 3.05) is 32.7 Å². The number of piperidine rings is 1. The quantitative estimate of drug-likeness (QED) is 0.735. The van der Waals surface area contributed by atoms with E-state index in [0.29, 0.717) is 0 Å². The Morgan fingerprint density at radius 2 is 1.59 bits per heavy atom. The lowest BCUT2D eigenvalue weighted by Gasteiger charge is -2.44. The number of likely N-dealkylation sites (tertiary alicyclic amines) is 2. The summed E-state index contributed by atoms with van der Waals surface area (Å²) in [6.07, 6.45) is 7.33. The topological polar surface area (TPSA) is 30.3 Å². The molecule has 0 bridgehead atoms. The van der Waals surface area contributed by atoms with Crippen LogP contribution < -0.4 is 0 Å². The summed E-state index contributed by atoms with van der Waals surface area (Å²) in [4.78, 5) is 4.96. The van der Waals surface area contributed by atoms with Gasteiger partial charge in [0.15, 0.2) is 0 Å². The molecule has 0 radical (unpaired) electrons. The van der Waals surface area contributed by atoms with E-state index in [0.717, 1.165) is 45.6 Å². The van der Waals surface area contributed by atoms with Crippen molar-refractivity contribution in [1.82, 2.24) is 9.80 Å². The van der Waals surface area contributed by atoms with Gasteiger partial charge in [-0.25, -0.2) is 0 Å². The number of nitriles is 1. The third-order valence-corrected chi connectivity index (χ3v) is 4.55. The van der Waals surface area contributed by atoms with Crippen molar-refractivity contribution in [2.45, 2.75) is 51.0 Å². The summed E-state index contributed by atoms with van der Waals surface area (Å²) in [6, 6.07) is 2.66. The molecule has 17 heavy (non-hydrogen) atoms. The first-order valence-corrected chi connectivity index (χ1v) is 7.19. The maximum atomic E-state index is 9.63. The lowest BCUT2D eigenvalue weighted by molar-refractivity contribution is 0.0652. The molecule has 2 rings (SSSR count). The molecular weight excluding hydrogens is 210 g/mol. The summed E-state index contributed by atoms with van der Waals surface area (Å²) >= 11 is 0. The zero-order valence-corrected chi connectivity index (χ0v) is 11.1. The van der Waals surface area contributed by atoms with Gasteiger partial charge in [-0.3, -0.25) is 4.90 Å². The molecule has 3 heteroatoms. The van der Waals surface area contributed by atoms with Gasteiger partial charge in [0, 0.05) is 13.1 Å². The smallest absolute Gasteiger partial charge is 0.111 e. The summed E-state index contributed by atoms with van der Waals surface area (Å²) in [7, 11) is 0. The Kier molecular flexibility index (Phi) is 4.42. The van der Waals surface area contributed by atoms with Crippen LogP contribution in [0, 0.1) is 11.3 Å². The summed E-state index contributed by atoms with van der Waals surface area (Å²) in [5.41, 5.74) is -0.143. The monoisotopic (exact) mass is 235 g/mol. The van der Waals surface area contributed by atoms with Crippen LogP contribution in [-0.2, 0) is 0 Å². The molecule has 2 saturated heterocycles. The minimum absolute atomic E-state index is 0.143. The van der Waals surface area contributed by atoms with E-state index < -0.39 is 0 Å². The third kappa shape index (κ3) is 2.81. The van der Waals surface area contributed by atoms with Crippen molar-refractivity contribution in [1.29, 1.82) is 5.26 Å². The number of rotatable bonds is 2. The fraction of sp³-hybridized carbons (Fsp3) is 0.929. The predicted molar refractivity (Wildman–Crippen MR) is 69.7 cm³/mol. The minimum atomic E-state index is -0.143. The molecule has 0 atom stereocenters. The largest absolute Gasteiger partial charge is 0.303 e. The molecule has 0 aromatic heterocycles. The van der Waals surface area contributed by atoms with E-state index in [4.69, 9.17) is 0 Å². The van der Waals surface area contributed by atoms with E-state index in [1.54, 1.807) is 0 Å². The Bertz CT molecular complexity index is 266. The number of hydrogen-bond donors (Lipinski definition) is 0. The second-order valence-electron chi connectivity index (χ2n) is 5.48. The molecule has 0 aromatic carbocycles. The van der Waals surface area contributed by atoms with Crippen LogP contribution in [0.4, 0.5) is 0 Å². The van der Waals surface area contributed by atoms with Gasteiger partial charge in [0.1, 0.15) is 5.54 Å². The molecule has 2 fully saturated rings. The van der Waals surface area contributed by atoms with Crippen LogP contribution in [0.2, 0.25) is 0 Å². The van der Waals surface area contributed by atoms with Crippen LogP contribution in [0.1, 0.15) is 45.4 Å². The molecule has 2 aliphatic heterocycles. The molecule has 0 N–H and O–H groups in total. The molecule has 3 nitrogen and oxygen atoms in total. The van der Waals surface area contributed by atoms with Crippen molar-refractivity contribution in [3.63, 3.8) is 0 Å². The Morgan fingerprint density at radius 1 is 1.00 bits per heavy atom. The van der Waals surface area contributed by atoms with Crippen LogP contribution in [0.15, 0.2) is 0 Å². The number of nitrogens with zero attached hydrogens (tertiary/aromatic N) is 3. The first-order valence-electron chi connectivity index (χ1n) is 7.19. The highest BCUT2D eigenvalue weighted by Crippen LogP contribution is 2.30. The molecule has 0 aromatic rings. The van der Waals surface area contributed by atoms with Crippen LogP contribution >= 0.6 is 0 Å². The van der Waals surface area contributed by atoms with Gasteiger partial charge < -0.3 is 4.90 Å². The SMILES string of the molecule is CCN1CCC(C#N)(N2CCCCCC2)CC1. The second-order valence-corrected chi connectivity index (χ2v) is 5.48. The van der Waals surface area contributed by atoms with E-state index in [1.165, 1.54) is 25.7 Å². The average Bonchev–Trinajstić information content (AvgIpc) is 2.68. The molecule has 2 aliphatic rings. The average molecular weight is 235 g/mol. The van der Waals surface area contributed by atoms with Crippen LogP contribution in [0.3, 0.4) is 0 Å². The van der Waals surface area contributed by atoms with Crippen LogP contribution in [0.25, 0.3) is 0 Å². The highest BCUT2D eigenvalue weighted by molar-refractivity contribution is 5.11. The summed E-state index contributed by atoms with van der Waals surface area (Å²) in [5, 5.41) is 9.63. The van der Waals surface area contributed by atoms with E-state index in [1.807, 2.05) is 0 Å². The van der Waals surface area contributed by atoms with Crippen molar-refractivity contribution < 1.29 is 0 Å². The second kappa shape index (κ2) is 5.84. The highest BCUT2D eigenvalue weighted by Gasteiger charge is 2.39. The van der Waals surface area contributed by atoms with E-state index in [-0.39, 0.29) is 5.54 Å². The van der Waals surface area contributed by atoms with Gasteiger partial charge in [-0.2, -0.15) is 5.26 Å². The van der Waals surface area contributed by atoms with Gasteiger partial charge in [0.2, 0.25) is 0 Å². The van der Waals surface area contributed by atoms with Crippen molar-refractivity contribution in [3.8, 4) is 6.07 Å². The summed E-state index contributed by atoms with van der Waals surface area (Å²) in [6.45, 7) is 7.81. The molecular formula is C14H25N3. The molecule has 2 heterocycles. The lowest BCUT2D eigenvalue weighted by atomic mass is 9.86. The lowest BCUT2D eigenvalue weighted by Crippen LogP contribution is -2.54. The maximum absolute atomic E-state index is 9.63. The standard InChI is InChI=1S/C14H25N3/c1-2-16-11-7-14(13-15,8-12-16)17-9-5-3-4-6-10-17/h2-12H2,1H3.